The number of carboxylic acid groups (broad SMARTS) is 1. The SMILES string of the molecule is O=C(O)C=C1C=CC(=O)O1. The first-order valence-electron chi connectivity index (χ1n) is 2.53. The average Bonchev–Trinajstić information content (AvgIpc) is 2.13. The molecule has 1 heterocycles. The summed E-state index contributed by atoms with van der Waals surface area (Å²) in [4.78, 5) is 20.3. The van der Waals surface area contributed by atoms with E-state index in [-0.39, 0.29) is 5.76 Å². The second-order valence-electron chi connectivity index (χ2n) is 1.64. The van der Waals surface area contributed by atoms with Gasteiger partial charge in [0.25, 0.3) is 0 Å². The molecule has 1 aliphatic heterocycles. The predicted octanol–water partition coefficient (Wildman–Crippen LogP) is 0.0679. The summed E-state index contributed by atoms with van der Waals surface area (Å²) in [6, 6.07) is 0. The van der Waals surface area contributed by atoms with Gasteiger partial charge in [-0.25, -0.2) is 9.59 Å². The van der Waals surface area contributed by atoms with Crippen molar-refractivity contribution in [3.05, 3.63) is 24.0 Å². The number of cyclic esters (lactones) is 1. The summed E-state index contributed by atoms with van der Waals surface area (Å²) in [6.45, 7) is 0. The minimum absolute atomic E-state index is 0.0671. The molecule has 0 aromatic carbocycles. The molecule has 0 atom stereocenters. The van der Waals surface area contributed by atoms with Crippen molar-refractivity contribution in [2.45, 2.75) is 0 Å². The van der Waals surface area contributed by atoms with Crippen molar-refractivity contribution in [1.82, 2.24) is 0 Å². The van der Waals surface area contributed by atoms with Crippen LogP contribution in [0.1, 0.15) is 0 Å². The van der Waals surface area contributed by atoms with Gasteiger partial charge in [0.05, 0.1) is 6.08 Å². The maximum absolute atomic E-state index is 10.3. The number of carbonyl (C=O) groups excluding carboxylic acids is 1. The van der Waals surface area contributed by atoms with Crippen LogP contribution in [0.3, 0.4) is 0 Å². The lowest BCUT2D eigenvalue weighted by atomic mass is 10.4. The molecular weight excluding hydrogens is 136 g/mol. The first-order chi connectivity index (χ1) is 4.68. The molecule has 0 aromatic heterocycles. The van der Waals surface area contributed by atoms with E-state index >= 15 is 0 Å². The quantitative estimate of drug-likeness (QED) is 0.413. The Hall–Kier alpha value is -1.58. The van der Waals surface area contributed by atoms with Gasteiger partial charge in [0.15, 0.2) is 0 Å². The van der Waals surface area contributed by atoms with Crippen LogP contribution < -0.4 is 0 Å². The van der Waals surface area contributed by atoms with Gasteiger partial charge in [0.1, 0.15) is 5.76 Å². The van der Waals surface area contributed by atoms with Crippen LogP contribution in [0.25, 0.3) is 0 Å². The van der Waals surface area contributed by atoms with Gasteiger partial charge in [-0.05, 0) is 6.08 Å². The van der Waals surface area contributed by atoms with Gasteiger partial charge in [0, 0.05) is 6.08 Å². The fourth-order valence-electron chi connectivity index (χ4n) is 0.534. The van der Waals surface area contributed by atoms with Crippen molar-refractivity contribution < 1.29 is 19.4 Å². The van der Waals surface area contributed by atoms with Gasteiger partial charge in [-0.3, -0.25) is 0 Å². The molecular formula is C6H4O4. The van der Waals surface area contributed by atoms with Gasteiger partial charge in [-0.15, -0.1) is 0 Å². The highest BCUT2D eigenvalue weighted by Crippen LogP contribution is 2.07. The number of carbonyl (C=O) groups is 2. The monoisotopic (exact) mass is 140 g/mol. The third-order valence-electron chi connectivity index (χ3n) is 0.868. The highest BCUT2D eigenvalue weighted by molar-refractivity contribution is 5.89. The lowest BCUT2D eigenvalue weighted by molar-refractivity contribution is -0.132. The number of aliphatic carboxylic acids is 1. The molecule has 4 nitrogen and oxygen atoms in total. The summed E-state index contributed by atoms with van der Waals surface area (Å²) >= 11 is 0. The topological polar surface area (TPSA) is 63.6 Å². The molecule has 0 bridgehead atoms. The minimum atomic E-state index is -1.13. The zero-order chi connectivity index (χ0) is 7.56. The molecule has 0 radical (unpaired) electrons. The number of hydrogen-bond donors (Lipinski definition) is 1. The highest BCUT2D eigenvalue weighted by atomic mass is 16.5. The van der Waals surface area contributed by atoms with E-state index in [4.69, 9.17) is 5.11 Å². The molecule has 0 aromatic rings. The Bertz CT molecular complexity index is 236. The summed E-state index contributed by atoms with van der Waals surface area (Å²) in [6.07, 6.45) is 3.28. The molecule has 1 rings (SSSR count). The lowest BCUT2D eigenvalue weighted by Crippen LogP contribution is -1.94. The maximum atomic E-state index is 10.3. The molecule has 1 aliphatic rings. The van der Waals surface area contributed by atoms with Crippen LogP contribution in [-0.4, -0.2) is 17.0 Å². The van der Waals surface area contributed by atoms with E-state index < -0.39 is 11.9 Å². The molecule has 1 N–H and O–H groups in total. The summed E-state index contributed by atoms with van der Waals surface area (Å²) in [5.74, 6) is -1.60. The Morgan fingerprint density at radius 1 is 1.60 bits per heavy atom. The minimum Gasteiger partial charge on any atom is -0.478 e. The van der Waals surface area contributed by atoms with Crippen molar-refractivity contribution >= 4 is 11.9 Å². The fourth-order valence-corrected chi connectivity index (χ4v) is 0.534. The molecule has 0 saturated heterocycles. The molecule has 0 spiro atoms. The molecule has 0 aliphatic carbocycles. The van der Waals surface area contributed by atoms with Crippen molar-refractivity contribution in [1.29, 1.82) is 0 Å². The van der Waals surface area contributed by atoms with E-state index in [1.54, 1.807) is 0 Å². The van der Waals surface area contributed by atoms with Crippen LogP contribution in [0.2, 0.25) is 0 Å². The van der Waals surface area contributed by atoms with Crippen LogP contribution in [0.15, 0.2) is 24.0 Å². The average molecular weight is 140 g/mol. The maximum Gasteiger partial charge on any atom is 0.336 e. The summed E-state index contributed by atoms with van der Waals surface area (Å²) < 4.78 is 4.40. The Morgan fingerprint density at radius 3 is 2.70 bits per heavy atom. The smallest absolute Gasteiger partial charge is 0.336 e. The molecule has 0 fully saturated rings. The first kappa shape index (κ1) is 6.54. The molecule has 0 unspecified atom stereocenters. The van der Waals surface area contributed by atoms with Gasteiger partial charge < -0.3 is 9.84 Å². The van der Waals surface area contributed by atoms with Crippen LogP contribution in [0.4, 0.5) is 0 Å². The molecule has 10 heavy (non-hydrogen) atoms. The first-order valence-corrected chi connectivity index (χ1v) is 2.53. The Labute approximate surface area is 56.4 Å². The van der Waals surface area contributed by atoms with Crippen molar-refractivity contribution in [3.8, 4) is 0 Å². The Balaban J connectivity index is 2.70. The van der Waals surface area contributed by atoms with E-state index in [1.165, 1.54) is 6.08 Å². The van der Waals surface area contributed by atoms with Crippen molar-refractivity contribution in [2.75, 3.05) is 0 Å². The van der Waals surface area contributed by atoms with Crippen LogP contribution >= 0.6 is 0 Å². The van der Waals surface area contributed by atoms with Crippen LogP contribution in [0, 0.1) is 0 Å². The standard InChI is InChI=1S/C6H4O4/c7-5(8)3-4-1-2-6(9)10-4/h1-3H,(H,7,8). The number of esters is 1. The number of ether oxygens (including phenoxy) is 1. The molecule has 0 amide bonds. The number of rotatable bonds is 1. The van der Waals surface area contributed by atoms with Crippen LogP contribution in [0.5, 0.6) is 0 Å². The van der Waals surface area contributed by atoms with Crippen molar-refractivity contribution in [2.24, 2.45) is 0 Å². The van der Waals surface area contributed by atoms with E-state index in [0.717, 1.165) is 12.2 Å². The number of allylic oxidation sites excluding steroid dienone is 1. The Morgan fingerprint density at radius 2 is 2.30 bits per heavy atom. The normalized spacial score (nSPS) is 19.6. The summed E-state index contributed by atoms with van der Waals surface area (Å²) in [5.41, 5.74) is 0. The molecule has 0 saturated carbocycles. The van der Waals surface area contributed by atoms with Gasteiger partial charge in [0.2, 0.25) is 0 Å². The number of hydrogen-bond acceptors (Lipinski definition) is 3. The predicted molar refractivity (Wildman–Crippen MR) is 31.0 cm³/mol. The van der Waals surface area contributed by atoms with E-state index in [2.05, 4.69) is 4.74 Å². The van der Waals surface area contributed by atoms with Crippen molar-refractivity contribution in [3.63, 3.8) is 0 Å². The largest absolute Gasteiger partial charge is 0.478 e. The van der Waals surface area contributed by atoms with Crippen LogP contribution in [-0.2, 0) is 14.3 Å². The lowest BCUT2D eigenvalue weighted by Gasteiger charge is -1.90. The summed E-state index contributed by atoms with van der Waals surface area (Å²) in [5, 5.41) is 8.16. The second-order valence-corrected chi connectivity index (χ2v) is 1.64. The fraction of sp³-hybridized carbons (Fsp3) is 0. The number of carboxylic acids is 1. The molecule has 52 valence electrons. The van der Waals surface area contributed by atoms with E-state index in [1.807, 2.05) is 0 Å². The third-order valence-corrected chi connectivity index (χ3v) is 0.868. The van der Waals surface area contributed by atoms with Gasteiger partial charge >= 0.3 is 11.9 Å². The van der Waals surface area contributed by atoms with E-state index in [0.29, 0.717) is 0 Å². The summed E-state index contributed by atoms with van der Waals surface area (Å²) in [7, 11) is 0. The van der Waals surface area contributed by atoms with Gasteiger partial charge in [-0.2, -0.15) is 0 Å². The zero-order valence-corrected chi connectivity index (χ0v) is 4.90. The highest BCUT2D eigenvalue weighted by Gasteiger charge is 2.09. The third kappa shape index (κ3) is 1.45. The van der Waals surface area contributed by atoms with Gasteiger partial charge in [-0.1, -0.05) is 0 Å². The second kappa shape index (κ2) is 2.34. The Kier molecular flexibility index (Phi) is 1.53. The molecule has 4 heteroatoms. The zero-order valence-electron chi connectivity index (χ0n) is 4.90. The van der Waals surface area contributed by atoms with E-state index in [9.17, 15) is 9.59 Å².